The van der Waals surface area contributed by atoms with Crippen LogP contribution in [0.4, 0.5) is 4.39 Å². The molecule has 0 bridgehead atoms. The van der Waals surface area contributed by atoms with Crippen molar-refractivity contribution < 1.29 is 14.0 Å². The Morgan fingerprint density at radius 3 is 2.83 bits per heavy atom. The van der Waals surface area contributed by atoms with Crippen LogP contribution in [0.15, 0.2) is 24.3 Å². The standard InChI is InChI=1S/C18H23FN2O2/c19-15-7-3-6-14(8-15)11-21-12-16(10-18(21)23)20-17(22)9-13-4-1-2-5-13/h3,6-8,13,16H,1-2,4-5,9-12H2,(H,20,22). The first-order valence-corrected chi connectivity index (χ1v) is 8.42. The fourth-order valence-corrected chi connectivity index (χ4v) is 3.64. The van der Waals surface area contributed by atoms with Crippen LogP contribution >= 0.6 is 0 Å². The lowest BCUT2D eigenvalue weighted by atomic mass is 10.0. The topological polar surface area (TPSA) is 49.4 Å². The molecule has 1 aliphatic carbocycles. The Morgan fingerprint density at radius 2 is 2.09 bits per heavy atom. The third kappa shape index (κ3) is 4.30. The highest BCUT2D eigenvalue weighted by Crippen LogP contribution is 2.27. The Kier molecular flexibility index (Phi) is 4.94. The molecule has 4 nitrogen and oxygen atoms in total. The number of halogens is 1. The van der Waals surface area contributed by atoms with Crippen molar-refractivity contribution in [3.63, 3.8) is 0 Å². The maximum Gasteiger partial charge on any atom is 0.225 e. The molecule has 1 heterocycles. The van der Waals surface area contributed by atoms with Crippen molar-refractivity contribution in [2.24, 2.45) is 5.92 Å². The second kappa shape index (κ2) is 7.11. The van der Waals surface area contributed by atoms with E-state index in [1.165, 1.54) is 25.0 Å². The molecule has 0 spiro atoms. The lowest BCUT2D eigenvalue weighted by molar-refractivity contribution is -0.128. The second-order valence-corrected chi connectivity index (χ2v) is 6.73. The van der Waals surface area contributed by atoms with Crippen LogP contribution in [0.25, 0.3) is 0 Å². The molecule has 0 aromatic heterocycles. The van der Waals surface area contributed by atoms with Gasteiger partial charge < -0.3 is 10.2 Å². The molecule has 124 valence electrons. The Morgan fingerprint density at radius 1 is 1.30 bits per heavy atom. The van der Waals surface area contributed by atoms with Gasteiger partial charge in [-0.25, -0.2) is 4.39 Å². The van der Waals surface area contributed by atoms with Gasteiger partial charge in [-0.2, -0.15) is 0 Å². The molecule has 1 atom stereocenters. The smallest absolute Gasteiger partial charge is 0.225 e. The van der Waals surface area contributed by atoms with Crippen molar-refractivity contribution in [2.75, 3.05) is 6.54 Å². The van der Waals surface area contributed by atoms with Crippen LogP contribution < -0.4 is 5.32 Å². The molecule has 1 aliphatic heterocycles. The first kappa shape index (κ1) is 16.0. The lowest BCUT2D eigenvalue weighted by Gasteiger charge is -2.18. The monoisotopic (exact) mass is 318 g/mol. The molecule has 2 amide bonds. The molecule has 1 aromatic rings. The average molecular weight is 318 g/mol. The van der Waals surface area contributed by atoms with Crippen molar-refractivity contribution in [1.29, 1.82) is 0 Å². The van der Waals surface area contributed by atoms with Crippen LogP contribution in [0.3, 0.4) is 0 Å². The zero-order valence-electron chi connectivity index (χ0n) is 13.3. The van der Waals surface area contributed by atoms with E-state index in [2.05, 4.69) is 5.32 Å². The Labute approximate surface area is 136 Å². The van der Waals surface area contributed by atoms with E-state index < -0.39 is 0 Å². The van der Waals surface area contributed by atoms with Crippen molar-refractivity contribution in [2.45, 2.75) is 51.1 Å². The number of amides is 2. The van der Waals surface area contributed by atoms with Crippen LogP contribution in [-0.2, 0) is 16.1 Å². The molecule has 1 N–H and O–H groups in total. The molecule has 1 saturated heterocycles. The van der Waals surface area contributed by atoms with Gasteiger partial charge in [-0.15, -0.1) is 0 Å². The SMILES string of the molecule is O=C(CC1CCCC1)NC1CC(=O)N(Cc2cccc(F)c2)C1. The van der Waals surface area contributed by atoms with Crippen LogP contribution in [0.2, 0.25) is 0 Å². The Balaban J connectivity index is 1.49. The first-order chi connectivity index (χ1) is 11.1. The zero-order valence-corrected chi connectivity index (χ0v) is 13.3. The van der Waals surface area contributed by atoms with E-state index in [0.717, 1.165) is 18.4 Å². The van der Waals surface area contributed by atoms with E-state index in [1.54, 1.807) is 11.0 Å². The minimum absolute atomic E-state index is 0.0143. The van der Waals surface area contributed by atoms with Crippen molar-refractivity contribution >= 4 is 11.8 Å². The third-order valence-electron chi connectivity index (χ3n) is 4.79. The van der Waals surface area contributed by atoms with Gasteiger partial charge in [-0.05, 0) is 36.5 Å². The van der Waals surface area contributed by atoms with Crippen LogP contribution in [0, 0.1) is 11.7 Å². The van der Waals surface area contributed by atoms with Gasteiger partial charge in [0.25, 0.3) is 0 Å². The summed E-state index contributed by atoms with van der Waals surface area (Å²) in [5.74, 6) is 0.286. The van der Waals surface area contributed by atoms with Gasteiger partial charge in [0.15, 0.2) is 0 Å². The van der Waals surface area contributed by atoms with Gasteiger partial charge in [-0.1, -0.05) is 25.0 Å². The number of hydrogen-bond donors (Lipinski definition) is 1. The highest BCUT2D eigenvalue weighted by molar-refractivity contribution is 5.82. The van der Waals surface area contributed by atoms with Gasteiger partial charge in [-0.3, -0.25) is 9.59 Å². The molecule has 2 fully saturated rings. The van der Waals surface area contributed by atoms with Crippen molar-refractivity contribution in [3.8, 4) is 0 Å². The zero-order chi connectivity index (χ0) is 16.2. The summed E-state index contributed by atoms with van der Waals surface area (Å²) in [5, 5.41) is 2.99. The van der Waals surface area contributed by atoms with Gasteiger partial charge >= 0.3 is 0 Å². The molecule has 2 aliphatic rings. The normalized spacial score (nSPS) is 21.9. The van der Waals surface area contributed by atoms with Gasteiger partial charge in [0, 0.05) is 25.9 Å². The number of likely N-dealkylation sites (tertiary alicyclic amines) is 1. The number of carbonyl (C=O) groups excluding carboxylic acids is 2. The van der Waals surface area contributed by atoms with Crippen LogP contribution in [0.5, 0.6) is 0 Å². The van der Waals surface area contributed by atoms with Crippen molar-refractivity contribution in [1.82, 2.24) is 10.2 Å². The summed E-state index contributed by atoms with van der Waals surface area (Å²) in [6, 6.07) is 6.17. The summed E-state index contributed by atoms with van der Waals surface area (Å²) in [6.45, 7) is 0.900. The summed E-state index contributed by atoms with van der Waals surface area (Å²) in [7, 11) is 0. The average Bonchev–Trinajstić information content (AvgIpc) is 3.10. The van der Waals surface area contributed by atoms with Crippen LogP contribution in [0.1, 0.15) is 44.1 Å². The minimum Gasteiger partial charge on any atom is -0.351 e. The van der Waals surface area contributed by atoms with Gasteiger partial charge in [0.2, 0.25) is 11.8 Å². The number of benzene rings is 1. The predicted octanol–water partition coefficient (Wildman–Crippen LogP) is 2.62. The number of hydrogen-bond acceptors (Lipinski definition) is 2. The molecular weight excluding hydrogens is 295 g/mol. The van der Waals surface area contributed by atoms with Gasteiger partial charge in [0.1, 0.15) is 5.82 Å². The van der Waals surface area contributed by atoms with Crippen LogP contribution in [-0.4, -0.2) is 29.3 Å². The minimum atomic E-state index is -0.296. The Hall–Kier alpha value is -1.91. The number of rotatable bonds is 5. The van der Waals surface area contributed by atoms with Crippen molar-refractivity contribution in [3.05, 3.63) is 35.6 Å². The number of nitrogens with one attached hydrogen (secondary N) is 1. The highest BCUT2D eigenvalue weighted by Gasteiger charge is 2.31. The van der Waals surface area contributed by atoms with E-state index in [1.807, 2.05) is 6.07 Å². The highest BCUT2D eigenvalue weighted by atomic mass is 19.1. The number of nitrogens with zero attached hydrogens (tertiary/aromatic N) is 1. The summed E-state index contributed by atoms with van der Waals surface area (Å²) in [5.41, 5.74) is 0.774. The first-order valence-electron chi connectivity index (χ1n) is 8.42. The molecule has 5 heteroatoms. The van der Waals surface area contributed by atoms with E-state index in [0.29, 0.717) is 31.8 Å². The molecule has 23 heavy (non-hydrogen) atoms. The molecule has 3 rings (SSSR count). The molecule has 1 aromatic carbocycles. The quantitative estimate of drug-likeness (QED) is 0.907. The summed E-state index contributed by atoms with van der Waals surface area (Å²) in [6.07, 6.45) is 5.65. The summed E-state index contributed by atoms with van der Waals surface area (Å²) in [4.78, 5) is 25.9. The molecule has 1 saturated carbocycles. The molecule has 0 radical (unpaired) electrons. The predicted molar refractivity (Wildman–Crippen MR) is 84.9 cm³/mol. The van der Waals surface area contributed by atoms with E-state index in [-0.39, 0.29) is 23.7 Å². The Bertz CT molecular complexity index is 584. The fourth-order valence-electron chi connectivity index (χ4n) is 3.64. The maximum atomic E-state index is 13.2. The summed E-state index contributed by atoms with van der Waals surface area (Å²) >= 11 is 0. The summed E-state index contributed by atoms with van der Waals surface area (Å²) < 4.78 is 13.2. The van der Waals surface area contributed by atoms with E-state index >= 15 is 0 Å². The van der Waals surface area contributed by atoms with Gasteiger partial charge in [0.05, 0.1) is 6.04 Å². The van der Waals surface area contributed by atoms with E-state index in [4.69, 9.17) is 0 Å². The largest absolute Gasteiger partial charge is 0.351 e. The molecule has 1 unspecified atom stereocenters. The van der Waals surface area contributed by atoms with E-state index in [9.17, 15) is 14.0 Å². The fraction of sp³-hybridized carbons (Fsp3) is 0.556. The lowest BCUT2D eigenvalue weighted by Crippen LogP contribution is -2.37. The number of carbonyl (C=O) groups is 2. The molecular formula is C18H23FN2O2. The maximum absolute atomic E-state index is 13.2. The second-order valence-electron chi connectivity index (χ2n) is 6.73. The third-order valence-corrected chi connectivity index (χ3v) is 4.79.